The van der Waals surface area contributed by atoms with E-state index in [-0.39, 0.29) is 0 Å². The molecule has 0 bridgehead atoms. The van der Waals surface area contributed by atoms with Gasteiger partial charge in [-0.05, 0) is 58.4 Å². The van der Waals surface area contributed by atoms with Crippen LogP contribution in [0.2, 0.25) is 5.02 Å². The zero-order valence-electron chi connectivity index (χ0n) is 10.8. The van der Waals surface area contributed by atoms with E-state index in [1.54, 1.807) is 6.07 Å². The smallest absolute Gasteiger partial charge is 0.133 e. The number of hydrogen-bond acceptors (Lipinski definition) is 3. The standard InChI is InChI=1S/C15H15BrClNO2/c16-14-10-11(17)2-7-15(14)20-9-1-8-19-13-5-3-12(18)4-6-13/h2-7,10H,1,8-9,18H2. The van der Waals surface area contributed by atoms with E-state index in [1.165, 1.54) is 0 Å². The van der Waals surface area contributed by atoms with Gasteiger partial charge in [0.05, 0.1) is 17.7 Å². The normalized spacial score (nSPS) is 10.3. The molecule has 0 heterocycles. The second kappa shape index (κ2) is 7.41. The van der Waals surface area contributed by atoms with Gasteiger partial charge in [0.2, 0.25) is 0 Å². The molecule has 0 fully saturated rings. The fourth-order valence-electron chi connectivity index (χ4n) is 1.59. The van der Waals surface area contributed by atoms with Gasteiger partial charge in [-0.1, -0.05) is 11.6 Å². The number of rotatable bonds is 6. The van der Waals surface area contributed by atoms with Crippen molar-refractivity contribution in [2.24, 2.45) is 0 Å². The molecular weight excluding hydrogens is 342 g/mol. The van der Waals surface area contributed by atoms with Gasteiger partial charge in [0.25, 0.3) is 0 Å². The number of nitrogen functional groups attached to an aromatic ring is 1. The van der Waals surface area contributed by atoms with Crippen molar-refractivity contribution in [3.8, 4) is 11.5 Å². The first-order chi connectivity index (χ1) is 9.65. The largest absolute Gasteiger partial charge is 0.493 e. The Bertz CT molecular complexity index is 560. The molecule has 0 unspecified atom stereocenters. The highest BCUT2D eigenvalue weighted by atomic mass is 79.9. The minimum atomic E-state index is 0.579. The van der Waals surface area contributed by atoms with E-state index in [0.717, 1.165) is 28.1 Å². The van der Waals surface area contributed by atoms with Crippen LogP contribution in [-0.4, -0.2) is 13.2 Å². The average Bonchev–Trinajstić information content (AvgIpc) is 2.42. The van der Waals surface area contributed by atoms with Crippen molar-refractivity contribution in [3.63, 3.8) is 0 Å². The van der Waals surface area contributed by atoms with Crippen LogP contribution >= 0.6 is 27.5 Å². The number of halogens is 2. The van der Waals surface area contributed by atoms with Crippen LogP contribution in [0.25, 0.3) is 0 Å². The van der Waals surface area contributed by atoms with E-state index in [4.69, 9.17) is 26.8 Å². The van der Waals surface area contributed by atoms with Gasteiger partial charge < -0.3 is 15.2 Å². The zero-order valence-corrected chi connectivity index (χ0v) is 13.2. The fourth-order valence-corrected chi connectivity index (χ4v) is 2.38. The first-order valence-electron chi connectivity index (χ1n) is 6.21. The van der Waals surface area contributed by atoms with Crippen LogP contribution in [-0.2, 0) is 0 Å². The zero-order chi connectivity index (χ0) is 14.4. The molecule has 0 spiro atoms. The summed E-state index contributed by atoms with van der Waals surface area (Å²) >= 11 is 9.27. The summed E-state index contributed by atoms with van der Waals surface area (Å²) in [7, 11) is 0. The van der Waals surface area contributed by atoms with Crippen LogP contribution < -0.4 is 15.2 Å². The lowest BCUT2D eigenvalue weighted by molar-refractivity contribution is 0.246. The lowest BCUT2D eigenvalue weighted by Crippen LogP contribution is -2.05. The topological polar surface area (TPSA) is 44.5 Å². The molecule has 0 aliphatic carbocycles. The van der Waals surface area contributed by atoms with Gasteiger partial charge in [-0.3, -0.25) is 0 Å². The van der Waals surface area contributed by atoms with Gasteiger partial charge >= 0.3 is 0 Å². The predicted molar refractivity (Wildman–Crippen MR) is 85.6 cm³/mol. The summed E-state index contributed by atoms with van der Waals surface area (Å²) in [6.07, 6.45) is 0.791. The van der Waals surface area contributed by atoms with Crippen LogP contribution in [0, 0.1) is 0 Å². The quantitative estimate of drug-likeness (QED) is 0.611. The summed E-state index contributed by atoms with van der Waals surface area (Å²) in [4.78, 5) is 0. The first kappa shape index (κ1) is 15.0. The highest BCUT2D eigenvalue weighted by Gasteiger charge is 2.01. The van der Waals surface area contributed by atoms with Gasteiger partial charge in [0, 0.05) is 17.1 Å². The minimum absolute atomic E-state index is 0.579. The van der Waals surface area contributed by atoms with E-state index >= 15 is 0 Å². The van der Waals surface area contributed by atoms with E-state index in [1.807, 2.05) is 36.4 Å². The molecule has 2 aromatic rings. The Morgan fingerprint density at radius 3 is 2.40 bits per heavy atom. The van der Waals surface area contributed by atoms with Gasteiger partial charge in [-0.15, -0.1) is 0 Å². The number of ether oxygens (including phenoxy) is 2. The van der Waals surface area contributed by atoms with Crippen LogP contribution in [0.4, 0.5) is 5.69 Å². The lowest BCUT2D eigenvalue weighted by atomic mass is 10.3. The van der Waals surface area contributed by atoms with Crippen LogP contribution in [0.5, 0.6) is 11.5 Å². The van der Waals surface area contributed by atoms with Crippen molar-refractivity contribution in [2.75, 3.05) is 18.9 Å². The molecule has 0 radical (unpaired) electrons. The maximum atomic E-state index is 5.87. The Hall–Kier alpha value is -1.39. The predicted octanol–water partition coefficient (Wildman–Crippen LogP) is 4.53. The summed E-state index contributed by atoms with van der Waals surface area (Å²) < 4.78 is 12.1. The molecule has 2 rings (SSSR count). The lowest BCUT2D eigenvalue weighted by Gasteiger charge is -2.09. The monoisotopic (exact) mass is 355 g/mol. The van der Waals surface area contributed by atoms with Crippen molar-refractivity contribution in [1.29, 1.82) is 0 Å². The van der Waals surface area contributed by atoms with E-state index in [0.29, 0.717) is 18.2 Å². The Balaban J connectivity index is 1.70. The minimum Gasteiger partial charge on any atom is -0.493 e. The molecule has 106 valence electrons. The summed E-state index contributed by atoms with van der Waals surface area (Å²) in [6, 6.07) is 12.8. The molecule has 2 aromatic carbocycles. The molecule has 5 heteroatoms. The van der Waals surface area contributed by atoms with Gasteiger partial charge in [-0.2, -0.15) is 0 Å². The number of nitrogens with two attached hydrogens (primary N) is 1. The van der Waals surface area contributed by atoms with Crippen molar-refractivity contribution in [3.05, 3.63) is 52.0 Å². The van der Waals surface area contributed by atoms with Crippen molar-refractivity contribution >= 4 is 33.2 Å². The Morgan fingerprint density at radius 2 is 1.70 bits per heavy atom. The molecular formula is C15H15BrClNO2. The second-order valence-corrected chi connectivity index (χ2v) is 5.49. The molecule has 2 N–H and O–H groups in total. The molecule has 0 amide bonds. The summed E-state index contributed by atoms with van der Waals surface area (Å²) in [5.41, 5.74) is 6.33. The van der Waals surface area contributed by atoms with Gasteiger partial charge in [0.1, 0.15) is 11.5 Å². The Morgan fingerprint density at radius 1 is 1.00 bits per heavy atom. The number of hydrogen-bond donors (Lipinski definition) is 1. The highest BCUT2D eigenvalue weighted by molar-refractivity contribution is 9.10. The third-order valence-corrected chi connectivity index (χ3v) is 3.44. The summed E-state index contributed by atoms with van der Waals surface area (Å²) in [5.74, 6) is 1.59. The fraction of sp³-hybridized carbons (Fsp3) is 0.200. The molecule has 20 heavy (non-hydrogen) atoms. The molecule has 0 saturated heterocycles. The van der Waals surface area contributed by atoms with E-state index in [2.05, 4.69) is 15.9 Å². The Labute approximate surface area is 131 Å². The van der Waals surface area contributed by atoms with Gasteiger partial charge in [-0.25, -0.2) is 0 Å². The molecule has 0 aliphatic rings. The summed E-state index contributed by atoms with van der Waals surface area (Å²) in [5, 5.41) is 0.677. The van der Waals surface area contributed by atoms with Crippen molar-refractivity contribution < 1.29 is 9.47 Å². The molecule has 0 aromatic heterocycles. The third-order valence-electron chi connectivity index (χ3n) is 2.59. The molecule has 0 saturated carbocycles. The number of anilines is 1. The van der Waals surface area contributed by atoms with Gasteiger partial charge in [0.15, 0.2) is 0 Å². The maximum Gasteiger partial charge on any atom is 0.133 e. The van der Waals surface area contributed by atoms with E-state index in [9.17, 15) is 0 Å². The van der Waals surface area contributed by atoms with Crippen LogP contribution in [0.3, 0.4) is 0 Å². The first-order valence-corrected chi connectivity index (χ1v) is 7.38. The van der Waals surface area contributed by atoms with Crippen molar-refractivity contribution in [1.82, 2.24) is 0 Å². The molecule has 3 nitrogen and oxygen atoms in total. The summed E-state index contributed by atoms with van der Waals surface area (Å²) in [6.45, 7) is 1.17. The van der Waals surface area contributed by atoms with E-state index < -0.39 is 0 Å². The average molecular weight is 357 g/mol. The van der Waals surface area contributed by atoms with Crippen LogP contribution in [0.1, 0.15) is 6.42 Å². The van der Waals surface area contributed by atoms with Crippen molar-refractivity contribution in [2.45, 2.75) is 6.42 Å². The Kier molecular flexibility index (Phi) is 5.56. The SMILES string of the molecule is Nc1ccc(OCCCOc2ccc(Cl)cc2Br)cc1. The third kappa shape index (κ3) is 4.62. The number of benzene rings is 2. The maximum absolute atomic E-state index is 5.87. The second-order valence-electron chi connectivity index (χ2n) is 4.19. The molecule has 0 aliphatic heterocycles. The molecule has 0 atom stereocenters. The highest BCUT2D eigenvalue weighted by Crippen LogP contribution is 2.28. The van der Waals surface area contributed by atoms with Crippen LogP contribution in [0.15, 0.2) is 46.9 Å².